The molecule has 0 unspecified atom stereocenters. The molecule has 3 aliphatic rings. The van der Waals surface area contributed by atoms with Gasteiger partial charge in [0.05, 0.1) is 17.2 Å². The van der Waals surface area contributed by atoms with Crippen molar-refractivity contribution >= 4 is 34.2 Å². The molecule has 9 nitrogen and oxygen atoms in total. The number of aliphatic hydroxyl groups excluding tert-OH is 1. The fraction of sp³-hybridized carbons (Fsp3) is 0.579. The van der Waals surface area contributed by atoms with Crippen LogP contribution < -0.4 is 15.0 Å². The molecule has 30 heavy (non-hydrogen) atoms. The number of nitrogens with zero attached hydrogens (tertiary/aromatic N) is 5. The van der Waals surface area contributed by atoms with E-state index >= 15 is 0 Å². The van der Waals surface area contributed by atoms with Crippen LogP contribution in [0.15, 0.2) is 17.3 Å². The monoisotopic (exact) mass is 450 g/mol. The summed E-state index contributed by atoms with van der Waals surface area (Å²) in [4.78, 5) is 20.6. The minimum Gasteiger partial charge on any atom is -0.463 e. The smallest absolute Gasteiger partial charge is 0.238 e. The predicted octanol–water partition coefficient (Wildman–Crippen LogP) is 2.09. The van der Waals surface area contributed by atoms with Crippen LogP contribution in [-0.4, -0.2) is 60.4 Å². The van der Waals surface area contributed by atoms with Crippen molar-refractivity contribution in [2.75, 3.05) is 35.9 Å². The first-order valence-corrected chi connectivity index (χ1v) is 11.8. The Kier molecular flexibility index (Phi) is 5.24. The third kappa shape index (κ3) is 3.61. The number of rotatable bonds is 5. The molecule has 5 rings (SSSR count). The molecule has 0 amide bonds. The van der Waals surface area contributed by atoms with E-state index < -0.39 is 16.3 Å². The fourth-order valence-corrected chi connectivity index (χ4v) is 5.21. The molecule has 1 saturated carbocycles. The Hall–Kier alpha value is -2.04. The number of fused-ring (bicyclic) bond motifs is 1. The molecular formula is C19H23ClN6O3S. The summed E-state index contributed by atoms with van der Waals surface area (Å²) in [7, 11) is -1.31. The van der Waals surface area contributed by atoms with Crippen LogP contribution in [0.25, 0.3) is 0 Å². The van der Waals surface area contributed by atoms with Crippen LogP contribution in [0.5, 0.6) is 5.88 Å². The molecule has 2 fully saturated rings. The highest BCUT2D eigenvalue weighted by atomic mass is 35.5. The summed E-state index contributed by atoms with van der Waals surface area (Å²) in [6.45, 7) is 1.52. The van der Waals surface area contributed by atoms with Gasteiger partial charge in [0.2, 0.25) is 11.8 Å². The highest BCUT2D eigenvalue weighted by Gasteiger charge is 2.39. The van der Waals surface area contributed by atoms with E-state index in [0.717, 1.165) is 51.0 Å². The number of aromatic nitrogens is 4. The first kappa shape index (κ1) is 19.9. The normalized spacial score (nSPS) is 22.9. The summed E-state index contributed by atoms with van der Waals surface area (Å²) in [5, 5.41) is 13.7. The van der Waals surface area contributed by atoms with Crippen LogP contribution in [0.3, 0.4) is 0 Å². The largest absolute Gasteiger partial charge is 0.463 e. The average molecular weight is 451 g/mol. The van der Waals surface area contributed by atoms with Gasteiger partial charge >= 0.3 is 0 Å². The minimum absolute atomic E-state index is 0.0150. The maximum atomic E-state index is 12.4. The second-order valence-corrected chi connectivity index (χ2v) is 9.82. The molecule has 160 valence electrons. The maximum Gasteiger partial charge on any atom is 0.238 e. The minimum atomic E-state index is -1.31. The Labute approximate surface area is 181 Å². The number of ether oxygens (including phenoxy) is 1. The molecule has 0 bridgehead atoms. The summed E-state index contributed by atoms with van der Waals surface area (Å²) < 4.78 is 18.0. The fourth-order valence-electron chi connectivity index (χ4n) is 4.16. The molecule has 2 aromatic rings. The van der Waals surface area contributed by atoms with Gasteiger partial charge < -0.3 is 20.1 Å². The zero-order valence-electron chi connectivity index (χ0n) is 16.4. The quantitative estimate of drug-likeness (QED) is 0.706. The van der Waals surface area contributed by atoms with E-state index in [0.29, 0.717) is 27.6 Å². The first-order valence-electron chi connectivity index (χ1n) is 10.1. The van der Waals surface area contributed by atoms with Crippen molar-refractivity contribution in [1.29, 1.82) is 0 Å². The number of anilines is 2. The van der Waals surface area contributed by atoms with E-state index in [1.807, 2.05) is 0 Å². The Morgan fingerprint density at radius 2 is 2.00 bits per heavy atom. The van der Waals surface area contributed by atoms with Crippen molar-refractivity contribution < 1.29 is 14.1 Å². The van der Waals surface area contributed by atoms with E-state index in [4.69, 9.17) is 21.3 Å². The van der Waals surface area contributed by atoms with Crippen molar-refractivity contribution in [2.45, 2.75) is 48.5 Å². The molecule has 0 spiro atoms. The molecule has 2 aromatic heterocycles. The molecule has 2 N–H and O–H groups in total. The molecule has 0 radical (unpaired) electrons. The standard InChI is InChI=1S/C19H23ClN6O3S/c20-13-8-21-15(22-9-13)12-2-6-26(7-3-12)18-23-16(25-19(10-27)4-1-5-19)14-17(24-18)29-11-30(14)28/h8-9,12,27H,1-7,10-11H2,(H,23,24,25)/t30-/m1/s1. The number of piperidine rings is 1. The van der Waals surface area contributed by atoms with Gasteiger partial charge in [0.1, 0.15) is 21.5 Å². The molecule has 2 aliphatic heterocycles. The van der Waals surface area contributed by atoms with Crippen molar-refractivity contribution in [3.8, 4) is 5.88 Å². The molecular weight excluding hydrogens is 428 g/mol. The highest BCUT2D eigenvalue weighted by Crippen LogP contribution is 2.40. The first-order chi connectivity index (χ1) is 14.6. The van der Waals surface area contributed by atoms with Crippen LogP contribution in [0.2, 0.25) is 5.02 Å². The Balaban J connectivity index is 1.37. The summed E-state index contributed by atoms with van der Waals surface area (Å²) >= 11 is 5.89. The van der Waals surface area contributed by atoms with E-state index in [2.05, 4.69) is 25.2 Å². The second-order valence-electron chi connectivity index (χ2n) is 8.05. The van der Waals surface area contributed by atoms with E-state index in [-0.39, 0.29) is 18.5 Å². The van der Waals surface area contributed by atoms with Crippen LogP contribution in [0.4, 0.5) is 11.8 Å². The zero-order valence-corrected chi connectivity index (χ0v) is 18.0. The van der Waals surface area contributed by atoms with Crippen LogP contribution >= 0.6 is 11.6 Å². The highest BCUT2D eigenvalue weighted by molar-refractivity contribution is 7.85. The van der Waals surface area contributed by atoms with Crippen molar-refractivity contribution in [1.82, 2.24) is 19.9 Å². The van der Waals surface area contributed by atoms with Gasteiger partial charge in [-0.25, -0.2) is 9.97 Å². The van der Waals surface area contributed by atoms with Crippen LogP contribution in [-0.2, 0) is 10.8 Å². The maximum absolute atomic E-state index is 12.4. The predicted molar refractivity (Wildman–Crippen MR) is 112 cm³/mol. The average Bonchev–Trinajstić information content (AvgIpc) is 3.12. The Bertz CT molecular complexity index is 958. The van der Waals surface area contributed by atoms with Crippen molar-refractivity contribution in [3.63, 3.8) is 0 Å². The molecule has 1 atom stereocenters. The van der Waals surface area contributed by atoms with Crippen molar-refractivity contribution in [2.24, 2.45) is 0 Å². The van der Waals surface area contributed by atoms with E-state index in [9.17, 15) is 9.32 Å². The van der Waals surface area contributed by atoms with E-state index in [1.165, 1.54) is 0 Å². The lowest BCUT2D eigenvalue weighted by Crippen LogP contribution is -2.48. The number of halogens is 1. The van der Waals surface area contributed by atoms with E-state index in [1.54, 1.807) is 12.4 Å². The number of nitrogens with one attached hydrogen (secondary N) is 1. The van der Waals surface area contributed by atoms with Gasteiger partial charge in [-0.15, -0.1) is 0 Å². The lowest BCUT2D eigenvalue weighted by atomic mass is 9.77. The summed E-state index contributed by atoms with van der Waals surface area (Å²) in [5.74, 6) is 2.61. The number of hydrogen-bond donors (Lipinski definition) is 2. The van der Waals surface area contributed by atoms with Gasteiger partial charge in [-0.3, -0.25) is 4.21 Å². The molecule has 4 heterocycles. The van der Waals surface area contributed by atoms with Crippen LogP contribution in [0.1, 0.15) is 43.8 Å². The van der Waals surface area contributed by atoms with Gasteiger partial charge in [-0.2, -0.15) is 9.97 Å². The van der Waals surface area contributed by atoms with Gasteiger partial charge in [0.15, 0.2) is 11.8 Å². The summed E-state index contributed by atoms with van der Waals surface area (Å²) in [6, 6.07) is 0. The topological polar surface area (TPSA) is 113 Å². The molecule has 1 saturated heterocycles. The lowest BCUT2D eigenvalue weighted by Gasteiger charge is -2.41. The van der Waals surface area contributed by atoms with Crippen LogP contribution in [0, 0.1) is 0 Å². The van der Waals surface area contributed by atoms with Gasteiger partial charge in [-0.1, -0.05) is 11.6 Å². The molecule has 0 aromatic carbocycles. The number of hydrogen-bond acceptors (Lipinski definition) is 9. The van der Waals surface area contributed by atoms with Gasteiger partial charge in [0, 0.05) is 31.4 Å². The third-order valence-corrected chi connectivity index (χ3v) is 7.48. The summed E-state index contributed by atoms with van der Waals surface area (Å²) in [6.07, 6.45) is 7.78. The zero-order chi connectivity index (χ0) is 20.7. The van der Waals surface area contributed by atoms with Gasteiger partial charge in [-0.05, 0) is 32.1 Å². The molecule has 1 aliphatic carbocycles. The summed E-state index contributed by atoms with van der Waals surface area (Å²) in [5.41, 5.74) is -0.398. The SMILES string of the molecule is O=[S@@]1COc2nc(N3CCC(c4ncc(Cl)cn4)CC3)nc(NC3(CO)CCC3)c21. The Morgan fingerprint density at radius 3 is 2.63 bits per heavy atom. The second kappa shape index (κ2) is 7.90. The van der Waals surface area contributed by atoms with Crippen molar-refractivity contribution in [3.05, 3.63) is 23.2 Å². The molecule has 11 heteroatoms. The van der Waals surface area contributed by atoms with Gasteiger partial charge in [0.25, 0.3) is 0 Å². The Morgan fingerprint density at radius 1 is 1.27 bits per heavy atom. The number of aliphatic hydroxyl groups is 1. The lowest BCUT2D eigenvalue weighted by molar-refractivity contribution is 0.143. The third-order valence-electron chi connectivity index (χ3n) is 6.13.